The van der Waals surface area contributed by atoms with Crippen molar-refractivity contribution < 1.29 is 4.21 Å². The lowest BCUT2D eigenvalue weighted by molar-refractivity contribution is 0.471. The first kappa shape index (κ1) is 14.1. The van der Waals surface area contributed by atoms with Crippen LogP contribution in [0.25, 0.3) is 0 Å². The van der Waals surface area contributed by atoms with Gasteiger partial charge < -0.3 is 5.73 Å². The summed E-state index contributed by atoms with van der Waals surface area (Å²) in [6, 6.07) is 0.105. The van der Waals surface area contributed by atoms with Gasteiger partial charge in [-0.15, -0.1) is 0 Å². The van der Waals surface area contributed by atoms with E-state index in [1.54, 1.807) is 0 Å². The highest BCUT2D eigenvalue weighted by Gasteiger charge is 2.14. The maximum Gasteiger partial charge on any atom is 0.0389 e. The first-order chi connectivity index (χ1) is 6.47. The summed E-state index contributed by atoms with van der Waals surface area (Å²) in [7, 11) is -0.718. The van der Waals surface area contributed by atoms with E-state index in [-0.39, 0.29) is 6.04 Å². The lowest BCUT2D eigenvalue weighted by atomic mass is 10.0. The standard InChI is InChI=1S/C11H25NOS/c1-5-10(4)11(12)8-14(13)7-6-9(2)3/h9-11H,5-8,12H2,1-4H3. The normalized spacial score (nSPS) is 18.1. The van der Waals surface area contributed by atoms with E-state index in [2.05, 4.69) is 27.7 Å². The van der Waals surface area contributed by atoms with E-state index in [0.717, 1.165) is 18.6 Å². The molecule has 0 aromatic heterocycles. The molecule has 0 bridgehead atoms. The second kappa shape index (κ2) is 7.41. The highest BCUT2D eigenvalue weighted by Crippen LogP contribution is 2.08. The molecule has 0 spiro atoms. The number of hydrogen-bond acceptors (Lipinski definition) is 2. The van der Waals surface area contributed by atoms with Gasteiger partial charge in [-0.3, -0.25) is 4.21 Å². The van der Waals surface area contributed by atoms with E-state index < -0.39 is 10.8 Å². The van der Waals surface area contributed by atoms with Gasteiger partial charge in [0.15, 0.2) is 0 Å². The van der Waals surface area contributed by atoms with Gasteiger partial charge in [0.1, 0.15) is 0 Å². The Bertz CT molecular complexity index is 171. The summed E-state index contributed by atoms with van der Waals surface area (Å²) in [5.74, 6) is 2.60. The van der Waals surface area contributed by atoms with Crippen LogP contribution in [0.2, 0.25) is 0 Å². The molecule has 0 radical (unpaired) electrons. The molecule has 0 rings (SSSR count). The van der Waals surface area contributed by atoms with Gasteiger partial charge in [0.05, 0.1) is 0 Å². The highest BCUT2D eigenvalue weighted by molar-refractivity contribution is 7.85. The Labute approximate surface area is 91.1 Å². The molecule has 0 aliphatic carbocycles. The molecule has 0 aromatic carbocycles. The molecule has 0 aliphatic heterocycles. The maximum absolute atomic E-state index is 11.6. The SMILES string of the molecule is CCC(C)C(N)CS(=O)CCC(C)C. The second-order valence-electron chi connectivity index (χ2n) is 4.54. The lowest BCUT2D eigenvalue weighted by Gasteiger charge is -2.17. The maximum atomic E-state index is 11.6. The van der Waals surface area contributed by atoms with E-state index >= 15 is 0 Å². The molecule has 0 heterocycles. The average molecular weight is 219 g/mol. The van der Waals surface area contributed by atoms with Crippen molar-refractivity contribution >= 4 is 10.8 Å². The molecule has 3 unspecified atom stereocenters. The number of hydrogen-bond donors (Lipinski definition) is 1. The fourth-order valence-electron chi connectivity index (χ4n) is 1.13. The Morgan fingerprint density at radius 2 is 1.86 bits per heavy atom. The van der Waals surface area contributed by atoms with Gasteiger partial charge in [-0.25, -0.2) is 0 Å². The van der Waals surface area contributed by atoms with Crippen molar-refractivity contribution in [2.24, 2.45) is 17.6 Å². The summed E-state index contributed by atoms with van der Waals surface area (Å²) < 4.78 is 11.6. The summed E-state index contributed by atoms with van der Waals surface area (Å²) in [5.41, 5.74) is 5.94. The van der Waals surface area contributed by atoms with Crippen LogP contribution in [0.15, 0.2) is 0 Å². The summed E-state index contributed by atoms with van der Waals surface area (Å²) in [5, 5.41) is 0. The second-order valence-corrected chi connectivity index (χ2v) is 6.16. The third kappa shape index (κ3) is 6.55. The molecule has 0 saturated carbocycles. The quantitative estimate of drug-likeness (QED) is 0.713. The van der Waals surface area contributed by atoms with Gasteiger partial charge >= 0.3 is 0 Å². The molecule has 2 nitrogen and oxygen atoms in total. The molecule has 2 N–H and O–H groups in total. The van der Waals surface area contributed by atoms with E-state index in [1.807, 2.05) is 0 Å². The Kier molecular flexibility index (Phi) is 7.47. The van der Waals surface area contributed by atoms with Crippen LogP contribution in [0.5, 0.6) is 0 Å². The van der Waals surface area contributed by atoms with Crippen LogP contribution < -0.4 is 5.73 Å². The van der Waals surface area contributed by atoms with Crippen LogP contribution in [0.4, 0.5) is 0 Å². The first-order valence-electron chi connectivity index (χ1n) is 5.57. The van der Waals surface area contributed by atoms with Gasteiger partial charge in [0, 0.05) is 28.3 Å². The van der Waals surface area contributed by atoms with Gasteiger partial charge in [0.2, 0.25) is 0 Å². The Morgan fingerprint density at radius 3 is 2.29 bits per heavy atom. The zero-order chi connectivity index (χ0) is 11.1. The topological polar surface area (TPSA) is 43.1 Å². The largest absolute Gasteiger partial charge is 0.327 e. The molecule has 0 amide bonds. The molecular formula is C11H25NOS. The van der Waals surface area contributed by atoms with Crippen LogP contribution in [0.1, 0.15) is 40.5 Å². The van der Waals surface area contributed by atoms with Crippen molar-refractivity contribution in [3.8, 4) is 0 Å². The van der Waals surface area contributed by atoms with Crippen molar-refractivity contribution in [2.75, 3.05) is 11.5 Å². The van der Waals surface area contributed by atoms with E-state index in [1.165, 1.54) is 0 Å². The number of nitrogens with two attached hydrogens (primary N) is 1. The van der Waals surface area contributed by atoms with Gasteiger partial charge in [0.25, 0.3) is 0 Å². The highest BCUT2D eigenvalue weighted by atomic mass is 32.2. The molecular weight excluding hydrogens is 194 g/mol. The molecule has 0 fully saturated rings. The van der Waals surface area contributed by atoms with Gasteiger partial charge in [-0.2, -0.15) is 0 Å². The van der Waals surface area contributed by atoms with Gasteiger partial charge in [-0.1, -0.05) is 34.1 Å². The van der Waals surface area contributed by atoms with Crippen molar-refractivity contribution in [3.05, 3.63) is 0 Å². The fourth-order valence-corrected chi connectivity index (χ4v) is 2.79. The van der Waals surface area contributed by atoms with E-state index in [4.69, 9.17) is 5.73 Å². The summed E-state index contributed by atoms with van der Waals surface area (Å²) in [4.78, 5) is 0. The predicted molar refractivity (Wildman–Crippen MR) is 64.8 cm³/mol. The molecule has 0 saturated heterocycles. The third-order valence-electron chi connectivity index (χ3n) is 2.68. The fraction of sp³-hybridized carbons (Fsp3) is 1.00. The lowest BCUT2D eigenvalue weighted by Crippen LogP contribution is -2.34. The van der Waals surface area contributed by atoms with Crippen molar-refractivity contribution in [2.45, 2.75) is 46.6 Å². The van der Waals surface area contributed by atoms with Crippen LogP contribution in [0, 0.1) is 11.8 Å². The predicted octanol–water partition coefficient (Wildman–Crippen LogP) is 2.15. The Hall–Kier alpha value is 0.110. The molecule has 3 heteroatoms. The molecule has 3 atom stereocenters. The van der Waals surface area contributed by atoms with Crippen LogP contribution in [-0.2, 0) is 10.8 Å². The smallest absolute Gasteiger partial charge is 0.0389 e. The van der Waals surface area contributed by atoms with Gasteiger partial charge in [-0.05, 0) is 18.3 Å². The van der Waals surface area contributed by atoms with Crippen molar-refractivity contribution in [1.29, 1.82) is 0 Å². The van der Waals surface area contributed by atoms with E-state index in [9.17, 15) is 4.21 Å². The zero-order valence-electron chi connectivity index (χ0n) is 9.95. The third-order valence-corrected chi connectivity index (χ3v) is 4.12. The van der Waals surface area contributed by atoms with Crippen LogP contribution in [0.3, 0.4) is 0 Å². The minimum atomic E-state index is -0.718. The molecule has 86 valence electrons. The summed E-state index contributed by atoms with van der Waals surface area (Å²) in [6.07, 6.45) is 2.11. The summed E-state index contributed by atoms with van der Waals surface area (Å²) >= 11 is 0. The first-order valence-corrected chi connectivity index (χ1v) is 7.06. The monoisotopic (exact) mass is 219 g/mol. The van der Waals surface area contributed by atoms with E-state index in [0.29, 0.717) is 17.6 Å². The van der Waals surface area contributed by atoms with Crippen molar-refractivity contribution in [1.82, 2.24) is 0 Å². The zero-order valence-corrected chi connectivity index (χ0v) is 10.8. The number of rotatable bonds is 7. The minimum absolute atomic E-state index is 0.105. The Balaban J connectivity index is 3.71. The molecule has 0 aliphatic rings. The van der Waals surface area contributed by atoms with Crippen LogP contribution >= 0.6 is 0 Å². The average Bonchev–Trinajstić information content (AvgIpc) is 2.13. The minimum Gasteiger partial charge on any atom is -0.327 e. The van der Waals surface area contributed by atoms with Crippen LogP contribution in [-0.4, -0.2) is 21.8 Å². The van der Waals surface area contributed by atoms with Crippen molar-refractivity contribution in [3.63, 3.8) is 0 Å². The molecule has 0 aromatic rings. The summed E-state index contributed by atoms with van der Waals surface area (Å²) in [6.45, 7) is 8.57. The molecule has 14 heavy (non-hydrogen) atoms. The Morgan fingerprint density at radius 1 is 1.29 bits per heavy atom.